The first-order valence-corrected chi connectivity index (χ1v) is 29.5. The molecule has 1 atom stereocenters. The molecule has 0 fully saturated rings. The zero-order valence-electron chi connectivity index (χ0n) is 44.7. The van der Waals surface area contributed by atoms with Crippen LogP contribution in [0.4, 0.5) is 43.9 Å². The van der Waals surface area contributed by atoms with Crippen molar-refractivity contribution in [3.05, 3.63) is 203 Å². The average molecular weight is 1140 g/mol. The van der Waals surface area contributed by atoms with Gasteiger partial charge in [0.15, 0.2) is 0 Å². The third-order valence-electron chi connectivity index (χ3n) is 12.9. The molecule has 0 amide bonds. The van der Waals surface area contributed by atoms with Crippen molar-refractivity contribution in [2.45, 2.75) is 115 Å². The fraction of sp³-hybridized carbons (Fsp3) is 0.375. The van der Waals surface area contributed by atoms with E-state index in [1.165, 1.54) is 50.7 Å². The minimum atomic E-state index is -5.56. The summed E-state index contributed by atoms with van der Waals surface area (Å²) in [5.41, 5.74) is 11.8. The highest BCUT2D eigenvalue weighted by Gasteiger charge is 2.57. The Labute approximate surface area is 466 Å². The minimum absolute atomic E-state index is 0.150. The van der Waals surface area contributed by atoms with Crippen LogP contribution in [0, 0.1) is 0 Å². The standard InChI is InChI=1S/C32H35F5O2S.C32H35F5OS/c1-2-29(25-13-6-3-7-14-25)30(26-15-8-4-9-16-26)27-17-19-28(20-18-27)39-22-10-5-11-23-40(38)24-12-21-31(33,34)32(35,36)37;1-2-29(25-13-6-3-7-14-25)30(26-15-8-4-9-16-26)27-17-19-28(20-18-27)38-22-10-5-11-23-39-24-12-21-31(33,34)32(35,36)37/h3-4,6-9,13-20H,2,5,10-12,21-24H2,1H3;3-4,6-9,13-20H,2,5,10-12,21-24H2,1H3. The lowest BCUT2D eigenvalue weighted by molar-refractivity contribution is -0.284. The molecule has 0 N–H and O–H groups in total. The van der Waals surface area contributed by atoms with Gasteiger partial charge in [0, 0.05) is 35.1 Å². The third-order valence-corrected chi connectivity index (χ3v) is 15.6. The van der Waals surface area contributed by atoms with Crippen LogP contribution in [-0.4, -0.2) is 64.6 Å². The number of allylic oxidation sites excluding steroid dienone is 2. The van der Waals surface area contributed by atoms with Crippen molar-refractivity contribution in [2.75, 3.05) is 36.2 Å². The summed E-state index contributed by atoms with van der Waals surface area (Å²) in [5.74, 6) is -6.62. The molecular weight excluding hydrogens is 1070 g/mol. The van der Waals surface area contributed by atoms with Gasteiger partial charge in [-0.2, -0.15) is 55.7 Å². The summed E-state index contributed by atoms with van der Waals surface area (Å²) < 4.78 is 148. The number of thioether (sulfide) groups is 1. The van der Waals surface area contributed by atoms with Crippen molar-refractivity contribution in [1.29, 1.82) is 0 Å². The van der Waals surface area contributed by atoms with E-state index in [2.05, 4.69) is 111 Å². The van der Waals surface area contributed by atoms with E-state index in [4.69, 9.17) is 9.47 Å². The first kappa shape index (κ1) is 64.0. The molecule has 0 aliphatic rings. The van der Waals surface area contributed by atoms with Crippen molar-refractivity contribution in [3.63, 3.8) is 0 Å². The van der Waals surface area contributed by atoms with Gasteiger partial charge in [-0.1, -0.05) is 159 Å². The van der Waals surface area contributed by atoms with Crippen LogP contribution in [0.1, 0.15) is 124 Å². The number of halogens is 10. The Morgan fingerprint density at radius 2 is 0.722 bits per heavy atom. The molecule has 0 radical (unpaired) electrons. The Hall–Kier alpha value is -5.80. The van der Waals surface area contributed by atoms with Crippen molar-refractivity contribution in [3.8, 4) is 11.5 Å². The molecule has 15 heteroatoms. The van der Waals surface area contributed by atoms with Gasteiger partial charge in [0.05, 0.1) is 13.2 Å². The van der Waals surface area contributed by atoms with E-state index in [0.29, 0.717) is 31.8 Å². The fourth-order valence-electron chi connectivity index (χ4n) is 8.75. The monoisotopic (exact) mass is 1140 g/mol. The van der Waals surface area contributed by atoms with E-state index in [0.717, 1.165) is 72.5 Å². The Kier molecular flexibility index (Phi) is 26.3. The van der Waals surface area contributed by atoms with Crippen LogP contribution >= 0.6 is 11.8 Å². The lowest BCUT2D eigenvalue weighted by Gasteiger charge is -2.19. The second-order valence-corrected chi connectivity index (χ2v) is 21.7. The number of alkyl halides is 10. The van der Waals surface area contributed by atoms with Crippen molar-refractivity contribution in [1.82, 2.24) is 0 Å². The molecule has 79 heavy (non-hydrogen) atoms. The smallest absolute Gasteiger partial charge is 0.453 e. The number of unbranched alkanes of at least 4 members (excludes halogenated alkanes) is 4. The predicted molar refractivity (Wildman–Crippen MR) is 305 cm³/mol. The van der Waals surface area contributed by atoms with E-state index in [1.807, 2.05) is 72.8 Å². The molecule has 6 aromatic rings. The number of hydrogen-bond donors (Lipinski definition) is 0. The number of benzene rings is 6. The van der Waals surface area contributed by atoms with Gasteiger partial charge in [0.25, 0.3) is 0 Å². The van der Waals surface area contributed by atoms with Gasteiger partial charge in [0.2, 0.25) is 0 Å². The van der Waals surface area contributed by atoms with E-state index in [9.17, 15) is 48.1 Å². The van der Waals surface area contributed by atoms with E-state index < -0.39 is 54.3 Å². The highest BCUT2D eigenvalue weighted by atomic mass is 32.2. The van der Waals surface area contributed by atoms with Gasteiger partial charge in [-0.25, -0.2) is 0 Å². The maximum atomic E-state index is 12.9. The maximum Gasteiger partial charge on any atom is 0.453 e. The fourth-order valence-corrected chi connectivity index (χ4v) is 10.9. The normalized spacial score (nSPS) is 13.2. The van der Waals surface area contributed by atoms with Gasteiger partial charge in [-0.15, -0.1) is 0 Å². The number of ether oxygens (including phenoxy) is 2. The molecular formula is C64H70F10O3S2. The molecule has 3 nitrogen and oxygen atoms in total. The van der Waals surface area contributed by atoms with Crippen LogP contribution in [0.2, 0.25) is 0 Å². The second-order valence-electron chi connectivity index (χ2n) is 18.8. The Morgan fingerprint density at radius 3 is 1.10 bits per heavy atom. The molecule has 0 saturated carbocycles. The first-order valence-electron chi connectivity index (χ1n) is 26.8. The van der Waals surface area contributed by atoms with Gasteiger partial charge >= 0.3 is 24.2 Å². The summed E-state index contributed by atoms with van der Waals surface area (Å²) in [5, 5.41) is 0. The first-order chi connectivity index (χ1) is 37.8. The molecule has 6 rings (SSSR count). The van der Waals surface area contributed by atoms with Crippen LogP contribution in [0.25, 0.3) is 22.3 Å². The van der Waals surface area contributed by atoms with E-state index in [1.54, 1.807) is 0 Å². The largest absolute Gasteiger partial charge is 0.494 e. The number of rotatable bonds is 30. The van der Waals surface area contributed by atoms with Crippen molar-refractivity contribution < 1.29 is 57.6 Å². The van der Waals surface area contributed by atoms with Crippen LogP contribution in [0.5, 0.6) is 11.5 Å². The van der Waals surface area contributed by atoms with Crippen LogP contribution < -0.4 is 9.47 Å². The molecule has 1 unspecified atom stereocenters. The molecule has 0 saturated heterocycles. The van der Waals surface area contributed by atoms with Gasteiger partial charge in [0.1, 0.15) is 11.5 Å². The number of hydrogen-bond acceptors (Lipinski definition) is 4. The summed E-state index contributed by atoms with van der Waals surface area (Å²) in [6, 6.07) is 57.6. The zero-order valence-corrected chi connectivity index (χ0v) is 46.3. The van der Waals surface area contributed by atoms with Crippen LogP contribution in [0.15, 0.2) is 170 Å². The Bertz CT molecular complexity index is 2750. The summed E-state index contributed by atoms with van der Waals surface area (Å²) >= 11 is 1.42. The summed E-state index contributed by atoms with van der Waals surface area (Å²) in [4.78, 5) is 0. The summed E-state index contributed by atoms with van der Waals surface area (Å²) in [6.07, 6.45) is -7.66. The predicted octanol–water partition coefficient (Wildman–Crippen LogP) is 19.6. The SMILES string of the molecule is CCC(=C(c1ccccc1)c1ccc(OCCCCCS(=O)CCCC(F)(F)C(F)(F)F)cc1)c1ccccc1.CCC(=C(c1ccccc1)c1ccc(OCCCCCSCCCC(F)(F)C(F)(F)F)cc1)c1ccccc1. The average Bonchev–Trinajstić information content (AvgIpc) is 3.44. The third kappa shape index (κ3) is 21.0. The lowest BCUT2D eigenvalue weighted by Crippen LogP contribution is -2.36. The molecule has 0 spiro atoms. The molecule has 426 valence electrons. The molecule has 6 aromatic carbocycles. The van der Waals surface area contributed by atoms with E-state index >= 15 is 0 Å². The van der Waals surface area contributed by atoms with Crippen LogP contribution in [-0.2, 0) is 10.8 Å². The highest BCUT2D eigenvalue weighted by molar-refractivity contribution is 7.99. The zero-order chi connectivity index (χ0) is 57.2. The Balaban J connectivity index is 0.000000291. The van der Waals surface area contributed by atoms with Gasteiger partial charge in [-0.3, -0.25) is 4.21 Å². The second kappa shape index (κ2) is 32.5. The summed E-state index contributed by atoms with van der Waals surface area (Å²) in [6.45, 7) is 5.36. The van der Waals surface area contributed by atoms with Crippen LogP contribution in [0.3, 0.4) is 0 Å². The van der Waals surface area contributed by atoms with Gasteiger partial charge < -0.3 is 9.47 Å². The molecule has 0 heterocycles. The van der Waals surface area contributed by atoms with Gasteiger partial charge in [-0.05, 0) is 156 Å². The maximum absolute atomic E-state index is 12.9. The molecule has 0 aliphatic carbocycles. The molecule has 0 bridgehead atoms. The Morgan fingerprint density at radius 1 is 0.392 bits per heavy atom. The minimum Gasteiger partial charge on any atom is -0.494 e. The quantitative estimate of drug-likeness (QED) is 0.0256. The van der Waals surface area contributed by atoms with Crippen molar-refractivity contribution >= 4 is 44.9 Å². The van der Waals surface area contributed by atoms with E-state index in [-0.39, 0.29) is 17.9 Å². The summed E-state index contributed by atoms with van der Waals surface area (Å²) in [7, 11) is -1.41. The highest BCUT2D eigenvalue weighted by Crippen LogP contribution is 2.41. The topological polar surface area (TPSA) is 35.5 Å². The molecule has 0 aliphatic heterocycles. The lowest BCUT2D eigenvalue weighted by atomic mass is 9.88. The van der Waals surface area contributed by atoms with Crippen molar-refractivity contribution in [2.24, 2.45) is 0 Å². The molecule has 0 aromatic heterocycles.